The Morgan fingerprint density at radius 3 is 2.65 bits per heavy atom. The van der Waals surface area contributed by atoms with Crippen LogP contribution in [0.4, 0.5) is 0 Å². The second kappa shape index (κ2) is 6.05. The lowest BCUT2D eigenvalue weighted by Gasteiger charge is -2.13. The van der Waals surface area contributed by atoms with Crippen molar-refractivity contribution in [3.8, 4) is 0 Å². The molecular weight excluding hydrogens is 314 g/mol. The lowest BCUT2D eigenvalue weighted by molar-refractivity contribution is 0.960. The van der Waals surface area contributed by atoms with Gasteiger partial charge in [-0.1, -0.05) is 12.1 Å². The number of hydrogen-bond acceptors (Lipinski definition) is 3. The van der Waals surface area contributed by atoms with Gasteiger partial charge in [0.05, 0.1) is 5.25 Å². The molecule has 4 heteroatoms. The number of halogens is 1. The molecule has 0 amide bonds. The minimum absolute atomic E-state index is 0.340. The first-order chi connectivity index (χ1) is 8.20. The van der Waals surface area contributed by atoms with Gasteiger partial charge in [0.2, 0.25) is 0 Å². The van der Waals surface area contributed by atoms with E-state index in [1.54, 1.807) is 0 Å². The highest BCUT2D eigenvalue weighted by Gasteiger charge is 2.14. The molecule has 0 spiro atoms. The zero-order chi connectivity index (χ0) is 12.3. The van der Waals surface area contributed by atoms with Gasteiger partial charge in [-0.25, -0.2) is 0 Å². The van der Waals surface area contributed by atoms with Gasteiger partial charge in [-0.15, -0.1) is 23.1 Å². The fraction of sp³-hybridized carbons (Fsp3) is 0.231. The molecule has 0 bridgehead atoms. The summed E-state index contributed by atoms with van der Waals surface area (Å²) in [7, 11) is 0. The van der Waals surface area contributed by atoms with Gasteiger partial charge < -0.3 is 5.73 Å². The van der Waals surface area contributed by atoms with Gasteiger partial charge in [0, 0.05) is 25.7 Å². The quantitative estimate of drug-likeness (QED) is 0.830. The van der Waals surface area contributed by atoms with E-state index in [-0.39, 0.29) is 0 Å². The van der Waals surface area contributed by atoms with E-state index in [9.17, 15) is 0 Å². The highest BCUT2D eigenvalue weighted by Crippen LogP contribution is 2.40. The van der Waals surface area contributed by atoms with Crippen molar-refractivity contribution in [3.63, 3.8) is 0 Å². The van der Waals surface area contributed by atoms with E-state index in [2.05, 4.69) is 53.2 Å². The van der Waals surface area contributed by atoms with Crippen LogP contribution in [-0.4, -0.2) is 6.54 Å². The summed E-state index contributed by atoms with van der Waals surface area (Å²) in [5.41, 5.74) is 5.88. The van der Waals surface area contributed by atoms with Crippen molar-refractivity contribution in [2.45, 2.75) is 17.1 Å². The molecule has 1 heterocycles. The van der Waals surface area contributed by atoms with Gasteiger partial charge in [0.15, 0.2) is 0 Å². The SMILES string of the molecule is Cc1ccc(C(CN)Sc2ccccc2Br)s1. The Hall–Kier alpha value is -0.290. The normalized spacial score (nSPS) is 12.6. The molecule has 1 atom stereocenters. The average Bonchev–Trinajstić information content (AvgIpc) is 2.75. The molecule has 0 radical (unpaired) electrons. The van der Waals surface area contributed by atoms with Crippen LogP contribution in [0.2, 0.25) is 0 Å². The molecule has 1 aromatic carbocycles. The second-order valence-electron chi connectivity index (χ2n) is 3.72. The maximum atomic E-state index is 5.88. The lowest BCUT2D eigenvalue weighted by atomic mass is 10.3. The minimum atomic E-state index is 0.340. The highest BCUT2D eigenvalue weighted by molar-refractivity contribution is 9.10. The Kier molecular flexibility index (Phi) is 4.68. The summed E-state index contributed by atoms with van der Waals surface area (Å²) in [5.74, 6) is 0. The van der Waals surface area contributed by atoms with Gasteiger partial charge in [0.25, 0.3) is 0 Å². The number of thioether (sulfide) groups is 1. The fourth-order valence-electron chi connectivity index (χ4n) is 1.54. The van der Waals surface area contributed by atoms with E-state index in [1.807, 2.05) is 29.2 Å². The van der Waals surface area contributed by atoms with Crippen LogP contribution in [0.25, 0.3) is 0 Å². The molecule has 1 aromatic heterocycles. The van der Waals surface area contributed by atoms with Crippen LogP contribution in [0.1, 0.15) is 15.0 Å². The fourth-order valence-corrected chi connectivity index (χ4v) is 4.20. The van der Waals surface area contributed by atoms with Gasteiger partial charge in [0.1, 0.15) is 0 Å². The first-order valence-corrected chi connectivity index (χ1v) is 7.87. The van der Waals surface area contributed by atoms with Gasteiger partial charge >= 0.3 is 0 Å². The predicted octanol–water partition coefficient (Wildman–Crippen LogP) is 4.61. The van der Waals surface area contributed by atoms with Crippen LogP contribution in [0.3, 0.4) is 0 Å². The van der Waals surface area contributed by atoms with E-state index in [0.717, 1.165) is 4.47 Å². The van der Waals surface area contributed by atoms with Crippen molar-refractivity contribution in [1.82, 2.24) is 0 Å². The molecule has 0 aliphatic heterocycles. The third-order valence-corrected chi connectivity index (χ3v) is 5.96. The summed E-state index contributed by atoms with van der Waals surface area (Å²) in [4.78, 5) is 3.94. The Bertz CT molecular complexity index is 496. The van der Waals surface area contributed by atoms with E-state index < -0.39 is 0 Å². The largest absolute Gasteiger partial charge is 0.329 e. The number of benzene rings is 1. The molecule has 2 aromatic rings. The van der Waals surface area contributed by atoms with Gasteiger partial charge in [-0.05, 0) is 47.1 Å². The van der Waals surface area contributed by atoms with Gasteiger partial charge in [-0.2, -0.15) is 0 Å². The summed E-state index contributed by atoms with van der Waals surface area (Å²) in [6, 6.07) is 12.6. The summed E-state index contributed by atoms with van der Waals surface area (Å²) in [5, 5.41) is 0.340. The first kappa shape index (κ1) is 13.1. The molecule has 1 nitrogen and oxygen atoms in total. The molecule has 1 unspecified atom stereocenters. The molecule has 17 heavy (non-hydrogen) atoms. The molecule has 0 saturated heterocycles. The van der Waals surface area contributed by atoms with Gasteiger partial charge in [-0.3, -0.25) is 0 Å². The molecule has 0 fully saturated rings. The minimum Gasteiger partial charge on any atom is -0.329 e. The van der Waals surface area contributed by atoms with Crippen molar-refractivity contribution in [1.29, 1.82) is 0 Å². The van der Waals surface area contributed by atoms with Crippen LogP contribution >= 0.6 is 39.0 Å². The van der Waals surface area contributed by atoms with Crippen molar-refractivity contribution >= 4 is 39.0 Å². The molecule has 2 N–H and O–H groups in total. The van der Waals surface area contributed by atoms with Crippen molar-refractivity contribution in [2.75, 3.05) is 6.54 Å². The van der Waals surface area contributed by atoms with E-state index in [4.69, 9.17) is 5.73 Å². The summed E-state index contributed by atoms with van der Waals surface area (Å²) >= 11 is 7.22. The van der Waals surface area contributed by atoms with Crippen LogP contribution in [0.15, 0.2) is 45.8 Å². The molecule has 0 saturated carbocycles. The Balaban J connectivity index is 2.18. The lowest BCUT2D eigenvalue weighted by Crippen LogP contribution is -2.07. The maximum Gasteiger partial charge on any atom is 0.0561 e. The van der Waals surface area contributed by atoms with Crippen LogP contribution < -0.4 is 5.73 Å². The van der Waals surface area contributed by atoms with Crippen molar-refractivity contribution in [2.24, 2.45) is 5.73 Å². The number of thiophene rings is 1. The highest BCUT2D eigenvalue weighted by atomic mass is 79.9. The average molecular weight is 328 g/mol. The summed E-state index contributed by atoms with van der Waals surface area (Å²) in [6.07, 6.45) is 0. The number of aryl methyl sites for hydroxylation is 1. The topological polar surface area (TPSA) is 26.0 Å². The summed E-state index contributed by atoms with van der Waals surface area (Å²) in [6.45, 7) is 2.79. The number of nitrogens with two attached hydrogens (primary N) is 1. The first-order valence-electron chi connectivity index (χ1n) is 5.38. The zero-order valence-electron chi connectivity index (χ0n) is 9.52. The van der Waals surface area contributed by atoms with Crippen LogP contribution in [-0.2, 0) is 0 Å². The Morgan fingerprint density at radius 1 is 1.29 bits per heavy atom. The summed E-state index contributed by atoms with van der Waals surface area (Å²) < 4.78 is 1.14. The van der Waals surface area contributed by atoms with Crippen LogP contribution in [0.5, 0.6) is 0 Å². The zero-order valence-corrected chi connectivity index (χ0v) is 12.7. The number of hydrogen-bond donors (Lipinski definition) is 1. The standard InChI is InChI=1S/C13H14BrNS2/c1-9-6-7-12(16-9)13(8-15)17-11-5-3-2-4-10(11)14/h2-7,13H,8,15H2,1H3. The van der Waals surface area contributed by atoms with E-state index in [1.165, 1.54) is 14.6 Å². The van der Waals surface area contributed by atoms with Crippen molar-refractivity contribution in [3.05, 3.63) is 50.6 Å². The number of rotatable bonds is 4. The third kappa shape index (κ3) is 3.35. The predicted molar refractivity (Wildman–Crippen MR) is 80.9 cm³/mol. The molecule has 90 valence electrons. The Labute approximate surface area is 119 Å². The maximum absolute atomic E-state index is 5.88. The van der Waals surface area contributed by atoms with E-state index >= 15 is 0 Å². The monoisotopic (exact) mass is 327 g/mol. The Morgan fingerprint density at radius 2 is 2.06 bits per heavy atom. The molecule has 2 rings (SSSR count). The second-order valence-corrected chi connectivity index (χ2v) is 7.14. The smallest absolute Gasteiger partial charge is 0.0561 e. The third-order valence-electron chi connectivity index (χ3n) is 2.40. The molecule has 0 aliphatic carbocycles. The van der Waals surface area contributed by atoms with Crippen LogP contribution in [0, 0.1) is 6.92 Å². The van der Waals surface area contributed by atoms with Crippen molar-refractivity contribution < 1.29 is 0 Å². The molecular formula is C13H14BrNS2. The van der Waals surface area contributed by atoms with E-state index in [0.29, 0.717) is 11.8 Å². The molecule has 0 aliphatic rings.